The quantitative estimate of drug-likeness (QED) is 0.665. The second-order valence-electron chi connectivity index (χ2n) is 3.70. The maximum atomic E-state index is 13.5. The summed E-state index contributed by atoms with van der Waals surface area (Å²) >= 11 is 3.24. The molecule has 2 aromatic rings. The predicted octanol–water partition coefficient (Wildman–Crippen LogP) is 3.80. The Kier molecular flexibility index (Phi) is 3.80. The molecule has 3 N–H and O–H groups in total. The van der Waals surface area contributed by atoms with Gasteiger partial charge in [0.1, 0.15) is 17.4 Å². The first-order valence-electron chi connectivity index (χ1n) is 5.25. The average molecular weight is 327 g/mol. The second kappa shape index (κ2) is 5.36. The molecule has 98 valence electrons. The van der Waals surface area contributed by atoms with Gasteiger partial charge in [0, 0.05) is 10.5 Å². The molecule has 0 spiro atoms. The molecule has 0 atom stereocenters. The third-order valence-corrected chi connectivity index (χ3v) is 3.02. The van der Waals surface area contributed by atoms with Gasteiger partial charge in [0.05, 0.1) is 5.56 Å². The molecule has 19 heavy (non-hydrogen) atoms. The van der Waals surface area contributed by atoms with E-state index >= 15 is 0 Å². The lowest BCUT2D eigenvalue weighted by molar-refractivity contribution is 0.436. The van der Waals surface area contributed by atoms with Gasteiger partial charge >= 0.3 is 0 Å². The van der Waals surface area contributed by atoms with Gasteiger partial charge in [0.15, 0.2) is 11.6 Å². The smallest absolute Gasteiger partial charge is 0.168 e. The Hall–Kier alpha value is -1.95. The molecule has 0 amide bonds. The summed E-state index contributed by atoms with van der Waals surface area (Å²) < 4.78 is 32.2. The van der Waals surface area contributed by atoms with Gasteiger partial charge in [-0.25, -0.2) is 8.78 Å². The Morgan fingerprint density at radius 3 is 2.53 bits per heavy atom. The zero-order valence-corrected chi connectivity index (χ0v) is 11.2. The minimum absolute atomic E-state index is 0.137. The van der Waals surface area contributed by atoms with Gasteiger partial charge < -0.3 is 10.5 Å². The van der Waals surface area contributed by atoms with Crippen molar-refractivity contribution in [2.45, 2.75) is 0 Å². The van der Waals surface area contributed by atoms with Crippen LogP contribution < -0.4 is 10.5 Å². The van der Waals surface area contributed by atoms with Crippen LogP contribution in [0.15, 0.2) is 40.9 Å². The maximum Gasteiger partial charge on any atom is 0.168 e. The molecular weight excluding hydrogens is 318 g/mol. The molecule has 2 aromatic carbocycles. The van der Waals surface area contributed by atoms with Crippen LogP contribution in [0.4, 0.5) is 8.78 Å². The van der Waals surface area contributed by atoms with E-state index in [1.807, 2.05) is 0 Å². The summed E-state index contributed by atoms with van der Waals surface area (Å²) in [6.45, 7) is 0. The summed E-state index contributed by atoms with van der Waals surface area (Å²) in [5.74, 6) is -1.65. The Balaban J connectivity index is 2.44. The highest BCUT2D eigenvalue weighted by Gasteiger charge is 2.13. The van der Waals surface area contributed by atoms with Crippen molar-refractivity contribution >= 4 is 21.8 Å². The molecule has 0 radical (unpaired) electrons. The molecule has 0 aromatic heterocycles. The summed E-state index contributed by atoms with van der Waals surface area (Å²) in [6.07, 6.45) is 0. The van der Waals surface area contributed by atoms with E-state index in [2.05, 4.69) is 15.9 Å². The molecule has 0 heterocycles. The van der Waals surface area contributed by atoms with E-state index in [1.54, 1.807) is 18.2 Å². The number of nitrogens with one attached hydrogen (secondary N) is 1. The SMILES string of the molecule is N=C(N)c1c(Br)cccc1Oc1ccc(F)cc1F. The van der Waals surface area contributed by atoms with E-state index in [0.717, 1.165) is 12.1 Å². The Bertz CT molecular complexity index is 647. The molecule has 0 aliphatic carbocycles. The molecule has 3 nitrogen and oxygen atoms in total. The Labute approximate surface area is 116 Å². The molecule has 0 saturated carbocycles. The molecular formula is C13H9BrF2N2O. The van der Waals surface area contributed by atoms with Crippen LogP contribution in [0, 0.1) is 17.0 Å². The zero-order valence-electron chi connectivity index (χ0n) is 9.58. The first kappa shape index (κ1) is 13.5. The maximum absolute atomic E-state index is 13.5. The standard InChI is InChI=1S/C13H9BrF2N2O/c14-8-2-1-3-11(12(8)13(17)18)19-10-5-4-7(15)6-9(10)16/h1-6H,(H3,17,18). The van der Waals surface area contributed by atoms with E-state index in [-0.39, 0.29) is 17.3 Å². The van der Waals surface area contributed by atoms with Crippen molar-refractivity contribution in [3.8, 4) is 11.5 Å². The van der Waals surface area contributed by atoms with E-state index in [1.165, 1.54) is 6.07 Å². The average Bonchev–Trinajstić information content (AvgIpc) is 2.32. The van der Waals surface area contributed by atoms with Gasteiger partial charge in [-0.3, -0.25) is 5.41 Å². The predicted molar refractivity (Wildman–Crippen MR) is 71.6 cm³/mol. The van der Waals surface area contributed by atoms with Crippen LogP contribution in [0.1, 0.15) is 5.56 Å². The summed E-state index contributed by atoms with van der Waals surface area (Å²) in [5.41, 5.74) is 5.76. The molecule has 0 saturated heterocycles. The number of halogens is 3. The molecule has 0 aliphatic heterocycles. The van der Waals surface area contributed by atoms with Gasteiger partial charge in [0.2, 0.25) is 0 Å². The van der Waals surface area contributed by atoms with Gasteiger partial charge in [-0.15, -0.1) is 0 Å². The van der Waals surface area contributed by atoms with Crippen molar-refractivity contribution in [2.75, 3.05) is 0 Å². The summed E-state index contributed by atoms with van der Waals surface area (Å²) in [6, 6.07) is 7.88. The van der Waals surface area contributed by atoms with Crippen molar-refractivity contribution < 1.29 is 13.5 Å². The molecule has 2 rings (SSSR count). The van der Waals surface area contributed by atoms with Crippen LogP contribution in [0.25, 0.3) is 0 Å². The number of hydrogen-bond acceptors (Lipinski definition) is 2. The minimum Gasteiger partial charge on any atom is -0.453 e. The highest BCUT2D eigenvalue weighted by molar-refractivity contribution is 9.10. The lowest BCUT2D eigenvalue weighted by Crippen LogP contribution is -2.13. The molecule has 0 unspecified atom stereocenters. The van der Waals surface area contributed by atoms with Crippen molar-refractivity contribution in [1.82, 2.24) is 0 Å². The first-order valence-corrected chi connectivity index (χ1v) is 6.04. The topological polar surface area (TPSA) is 59.1 Å². The van der Waals surface area contributed by atoms with E-state index in [0.29, 0.717) is 10.0 Å². The largest absolute Gasteiger partial charge is 0.453 e. The number of ether oxygens (including phenoxy) is 1. The lowest BCUT2D eigenvalue weighted by Gasteiger charge is -2.12. The minimum atomic E-state index is -0.825. The van der Waals surface area contributed by atoms with Crippen LogP contribution in [0.3, 0.4) is 0 Å². The van der Waals surface area contributed by atoms with Crippen molar-refractivity contribution in [3.05, 3.63) is 58.1 Å². The van der Waals surface area contributed by atoms with Crippen LogP contribution in [0.5, 0.6) is 11.5 Å². The van der Waals surface area contributed by atoms with E-state index in [4.69, 9.17) is 15.9 Å². The molecule has 0 fully saturated rings. The third kappa shape index (κ3) is 2.90. The fraction of sp³-hybridized carbons (Fsp3) is 0. The Morgan fingerprint density at radius 2 is 1.89 bits per heavy atom. The van der Waals surface area contributed by atoms with E-state index < -0.39 is 11.6 Å². The molecule has 6 heteroatoms. The van der Waals surface area contributed by atoms with Gasteiger partial charge in [-0.05, 0) is 40.2 Å². The number of benzene rings is 2. The summed E-state index contributed by atoms with van der Waals surface area (Å²) in [5, 5.41) is 7.48. The number of amidine groups is 1. The van der Waals surface area contributed by atoms with Crippen molar-refractivity contribution in [3.63, 3.8) is 0 Å². The number of nitrogens with two attached hydrogens (primary N) is 1. The van der Waals surface area contributed by atoms with Gasteiger partial charge in [-0.1, -0.05) is 6.07 Å². The second-order valence-corrected chi connectivity index (χ2v) is 4.56. The normalized spacial score (nSPS) is 10.3. The van der Waals surface area contributed by atoms with Crippen LogP contribution in [-0.4, -0.2) is 5.84 Å². The summed E-state index contributed by atoms with van der Waals surface area (Å²) in [4.78, 5) is 0. The van der Waals surface area contributed by atoms with Gasteiger partial charge in [0.25, 0.3) is 0 Å². The fourth-order valence-corrected chi connectivity index (χ4v) is 2.09. The van der Waals surface area contributed by atoms with Crippen molar-refractivity contribution in [2.24, 2.45) is 5.73 Å². The third-order valence-electron chi connectivity index (χ3n) is 2.36. The molecule has 0 bridgehead atoms. The highest BCUT2D eigenvalue weighted by Crippen LogP contribution is 2.31. The summed E-state index contributed by atoms with van der Waals surface area (Å²) in [7, 11) is 0. The number of hydrogen-bond donors (Lipinski definition) is 2. The van der Waals surface area contributed by atoms with E-state index in [9.17, 15) is 8.78 Å². The monoisotopic (exact) mass is 326 g/mol. The van der Waals surface area contributed by atoms with Gasteiger partial charge in [-0.2, -0.15) is 0 Å². The molecule has 0 aliphatic rings. The van der Waals surface area contributed by atoms with Crippen LogP contribution >= 0.6 is 15.9 Å². The van der Waals surface area contributed by atoms with Crippen LogP contribution in [0.2, 0.25) is 0 Å². The highest BCUT2D eigenvalue weighted by atomic mass is 79.9. The zero-order chi connectivity index (χ0) is 14.0. The lowest BCUT2D eigenvalue weighted by atomic mass is 10.2. The van der Waals surface area contributed by atoms with Crippen molar-refractivity contribution in [1.29, 1.82) is 5.41 Å². The number of rotatable bonds is 3. The first-order chi connectivity index (χ1) is 8.99. The fourth-order valence-electron chi connectivity index (χ4n) is 1.53. The Morgan fingerprint density at radius 1 is 1.16 bits per heavy atom. The number of nitrogen functional groups attached to an aromatic ring is 1. The van der Waals surface area contributed by atoms with Crippen LogP contribution in [-0.2, 0) is 0 Å².